The summed E-state index contributed by atoms with van der Waals surface area (Å²) in [6, 6.07) is 10.3. The number of hydrogen-bond donors (Lipinski definition) is 2. The van der Waals surface area contributed by atoms with Gasteiger partial charge in [0.1, 0.15) is 11.5 Å². The van der Waals surface area contributed by atoms with Gasteiger partial charge in [-0.1, -0.05) is 13.3 Å². The zero-order valence-corrected chi connectivity index (χ0v) is 23.2. The van der Waals surface area contributed by atoms with Gasteiger partial charge in [-0.25, -0.2) is 9.97 Å². The van der Waals surface area contributed by atoms with Gasteiger partial charge in [0.15, 0.2) is 0 Å². The number of amides is 1. The van der Waals surface area contributed by atoms with Gasteiger partial charge in [0.2, 0.25) is 0 Å². The molecule has 1 aliphatic rings. The van der Waals surface area contributed by atoms with Crippen molar-refractivity contribution in [3.63, 3.8) is 0 Å². The van der Waals surface area contributed by atoms with E-state index in [-0.39, 0.29) is 18.0 Å². The van der Waals surface area contributed by atoms with Crippen LogP contribution in [-0.4, -0.2) is 62.4 Å². The number of pyridine rings is 3. The molecule has 5 rings (SSSR count). The number of aryl methyl sites for hydroxylation is 2. The van der Waals surface area contributed by atoms with Crippen molar-refractivity contribution in [2.24, 2.45) is 0 Å². The summed E-state index contributed by atoms with van der Waals surface area (Å²) < 4.78 is 1.91. The van der Waals surface area contributed by atoms with Crippen molar-refractivity contribution in [3.05, 3.63) is 81.7 Å². The molecule has 0 saturated carbocycles. The number of H-pyrrole nitrogens is 1. The van der Waals surface area contributed by atoms with E-state index in [1.165, 1.54) is 0 Å². The first kappa shape index (κ1) is 26.6. The summed E-state index contributed by atoms with van der Waals surface area (Å²) >= 11 is 0. The molecule has 0 aliphatic carbocycles. The minimum absolute atomic E-state index is 0.155. The molecule has 39 heavy (non-hydrogen) atoms. The van der Waals surface area contributed by atoms with E-state index in [2.05, 4.69) is 58.0 Å². The molecule has 0 aromatic carbocycles. The van der Waals surface area contributed by atoms with Gasteiger partial charge in [0.25, 0.3) is 11.5 Å². The average molecular weight is 528 g/mol. The molecule has 5 heterocycles. The Balaban J connectivity index is 1.33. The first-order valence-corrected chi connectivity index (χ1v) is 13.8. The number of piperazine rings is 1. The first-order chi connectivity index (χ1) is 18.9. The van der Waals surface area contributed by atoms with Crippen LogP contribution in [0.25, 0.3) is 16.9 Å². The van der Waals surface area contributed by atoms with Crippen LogP contribution in [0.4, 0.5) is 5.82 Å². The molecule has 9 nitrogen and oxygen atoms in total. The predicted molar refractivity (Wildman–Crippen MR) is 154 cm³/mol. The maximum atomic E-state index is 13.2. The zero-order valence-electron chi connectivity index (χ0n) is 23.2. The maximum Gasteiger partial charge on any atom is 0.255 e. The Morgan fingerprint density at radius 1 is 1.10 bits per heavy atom. The fraction of sp³-hybridized carbons (Fsp3) is 0.400. The summed E-state index contributed by atoms with van der Waals surface area (Å²) in [5, 5.41) is 2.94. The van der Waals surface area contributed by atoms with Crippen molar-refractivity contribution in [1.82, 2.24) is 29.6 Å². The van der Waals surface area contributed by atoms with Gasteiger partial charge in [-0.15, -0.1) is 0 Å². The number of fused-ring (bicyclic) bond motifs is 1. The number of aromatic amines is 1. The third-order valence-corrected chi connectivity index (χ3v) is 7.50. The first-order valence-electron chi connectivity index (χ1n) is 13.8. The summed E-state index contributed by atoms with van der Waals surface area (Å²) in [5.41, 5.74) is 5.05. The standard InChI is InChI=1S/C30H37N7O2/c1-5-7-22-16-21(4)34-30(39)25(22)18-33-29(38)24-8-6-11-37-26(19-32-28(24)37)23-9-10-27(31-17-23)36-14-12-35(13-15-36)20(2)3/h6,8-11,16-17,19-20H,5,7,12-15,18H2,1-4H3,(H,33,38)(H,34,39). The van der Waals surface area contributed by atoms with Crippen LogP contribution in [-0.2, 0) is 13.0 Å². The van der Waals surface area contributed by atoms with E-state index >= 15 is 0 Å². The summed E-state index contributed by atoms with van der Waals surface area (Å²) in [6.07, 6.45) is 7.26. The number of carbonyl (C=O) groups excluding carboxylic acids is 1. The third kappa shape index (κ3) is 5.59. The van der Waals surface area contributed by atoms with Gasteiger partial charge >= 0.3 is 0 Å². The Labute approximate surface area is 228 Å². The second kappa shape index (κ2) is 11.4. The highest BCUT2D eigenvalue weighted by Gasteiger charge is 2.20. The van der Waals surface area contributed by atoms with E-state index in [9.17, 15) is 9.59 Å². The Kier molecular flexibility index (Phi) is 7.79. The molecular weight excluding hydrogens is 490 g/mol. The van der Waals surface area contributed by atoms with Crippen LogP contribution >= 0.6 is 0 Å². The monoisotopic (exact) mass is 527 g/mol. The lowest BCUT2D eigenvalue weighted by molar-refractivity contribution is 0.0952. The molecule has 4 aromatic heterocycles. The van der Waals surface area contributed by atoms with Crippen molar-refractivity contribution >= 4 is 17.4 Å². The summed E-state index contributed by atoms with van der Waals surface area (Å²) in [7, 11) is 0. The molecule has 1 aliphatic heterocycles. The highest BCUT2D eigenvalue weighted by atomic mass is 16.2. The SMILES string of the molecule is CCCc1cc(C)[nH]c(=O)c1CNC(=O)c1cccn2c(-c3ccc(N4CCN(C(C)C)CC4)nc3)cnc12. The zero-order chi connectivity index (χ0) is 27.5. The van der Waals surface area contributed by atoms with Crippen molar-refractivity contribution in [1.29, 1.82) is 0 Å². The van der Waals surface area contributed by atoms with Gasteiger partial charge < -0.3 is 15.2 Å². The number of anilines is 1. The number of carbonyl (C=O) groups is 1. The summed E-state index contributed by atoms with van der Waals surface area (Å²) in [5.74, 6) is 0.707. The van der Waals surface area contributed by atoms with E-state index in [4.69, 9.17) is 4.98 Å². The molecule has 0 bridgehead atoms. The van der Waals surface area contributed by atoms with Crippen LogP contribution in [0.1, 0.15) is 54.4 Å². The summed E-state index contributed by atoms with van der Waals surface area (Å²) in [4.78, 5) is 42.8. The Hall–Kier alpha value is -3.98. The molecule has 1 saturated heterocycles. The van der Waals surface area contributed by atoms with Crippen LogP contribution < -0.4 is 15.8 Å². The van der Waals surface area contributed by atoms with E-state index < -0.39 is 0 Å². The van der Waals surface area contributed by atoms with Crippen molar-refractivity contribution in [2.75, 3.05) is 31.1 Å². The lowest BCUT2D eigenvalue weighted by Gasteiger charge is -2.37. The van der Waals surface area contributed by atoms with Crippen LogP contribution in [0.15, 0.2) is 53.7 Å². The van der Waals surface area contributed by atoms with Crippen LogP contribution in [0, 0.1) is 6.92 Å². The van der Waals surface area contributed by atoms with Crippen LogP contribution in [0.2, 0.25) is 0 Å². The summed E-state index contributed by atoms with van der Waals surface area (Å²) in [6.45, 7) is 12.6. The smallest absolute Gasteiger partial charge is 0.255 e. The molecule has 2 N–H and O–H groups in total. The molecule has 1 fully saturated rings. The number of nitrogens with zero attached hydrogens (tertiary/aromatic N) is 5. The number of aromatic nitrogens is 4. The largest absolute Gasteiger partial charge is 0.354 e. The molecule has 4 aromatic rings. The van der Waals surface area contributed by atoms with Gasteiger partial charge in [0.05, 0.1) is 17.5 Å². The quantitative estimate of drug-likeness (QED) is 0.362. The minimum Gasteiger partial charge on any atom is -0.354 e. The lowest BCUT2D eigenvalue weighted by atomic mass is 10.0. The van der Waals surface area contributed by atoms with E-state index in [0.717, 1.165) is 67.4 Å². The van der Waals surface area contributed by atoms with Crippen molar-refractivity contribution in [3.8, 4) is 11.3 Å². The van der Waals surface area contributed by atoms with Gasteiger partial charge in [-0.05, 0) is 63.1 Å². The Morgan fingerprint density at radius 3 is 2.59 bits per heavy atom. The number of rotatable bonds is 8. The fourth-order valence-electron chi connectivity index (χ4n) is 5.33. The number of hydrogen-bond acceptors (Lipinski definition) is 6. The van der Waals surface area contributed by atoms with Gasteiger partial charge in [-0.2, -0.15) is 0 Å². The number of nitrogens with one attached hydrogen (secondary N) is 2. The highest BCUT2D eigenvalue weighted by molar-refractivity contribution is 6.00. The van der Waals surface area contributed by atoms with Crippen molar-refractivity contribution < 1.29 is 4.79 Å². The molecule has 1 amide bonds. The van der Waals surface area contributed by atoms with Crippen LogP contribution in [0.3, 0.4) is 0 Å². The lowest BCUT2D eigenvalue weighted by Crippen LogP contribution is -2.49. The van der Waals surface area contributed by atoms with Crippen molar-refractivity contribution in [2.45, 2.75) is 53.1 Å². The Morgan fingerprint density at radius 2 is 1.90 bits per heavy atom. The number of imidazole rings is 1. The molecule has 0 radical (unpaired) electrons. The fourth-order valence-corrected chi connectivity index (χ4v) is 5.33. The molecule has 0 unspecified atom stereocenters. The minimum atomic E-state index is -0.269. The average Bonchev–Trinajstić information content (AvgIpc) is 3.37. The second-order valence-corrected chi connectivity index (χ2v) is 10.5. The maximum absolute atomic E-state index is 13.2. The third-order valence-electron chi connectivity index (χ3n) is 7.50. The van der Waals surface area contributed by atoms with E-state index in [1.54, 1.807) is 12.3 Å². The van der Waals surface area contributed by atoms with E-state index in [1.807, 2.05) is 35.9 Å². The topological polar surface area (TPSA) is 98.6 Å². The molecule has 0 atom stereocenters. The second-order valence-electron chi connectivity index (χ2n) is 10.5. The molecular formula is C30H37N7O2. The van der Waals surface area contributed by atoms with Gasteiger partial charge in [-0.3, -0.25) is 18.9 Å². The molecule has 9 heteroatoms. The Bertz CT molecular complexity index is 1510. The highest BCUT2D eigenvalue weighted by Crippen LogP contribution is 2.24. The van der Waals surface area contributed by atoms with Crippen LogP contribution in [0.5, 0.6) is 0 Å². The van der Waals surface area contributed by atoms with Gasteiger partial charge in [0, 0.05) is 68.0 Å². The molecule has 0 spiro atoms. The molecule has 204 valence electrons. The predicted octanol–water partition coefficient (Wildman–Crippen LogP) is 3.81. The van der Waals surface area contributed by atoms with E-state index in [0.29, 0.717) is 22.8 Å². The normalized spacial score (nSPS) is 14.3.